The van der Waals surface area contributed by atoms with Gasteiger partial charge in [0.05, 0.1) is 29.3 Å². The number of non-ortho nitro benzene ring substituents is 1. The summed E-state index contributed by atoms with van der Waals surface area (Å²) in [5.41, 5.74) is 1.14. The first kappa shape index (κ1) is 24.5. The molecule has 3 aromatic rings. The second-order valence-corrected chi connectivity index (χ2v) is 7.95. The second-order valence-electron chi connectivity index (χ2n) is 6.98. The number of esters is 2. The van der Waals surface area contributed by atoms with Crippen LogP contribution in [0.1, 0.15) is 38.2 Å². The number of amides is 1. The molecule has 0 aliphatic heterocycles. The van der Waals surface area contributed by atoms with Crippen LogP contribution < -0.4 is 4.90 Å². The molecule has 0 aliphatic carbocycles. The number of benzene rings is 2. The molecular weight excluding hydrogens is 462 g/mol. The van der Waals surface area contributed by atoms with Crippen LogP contribution in [0.25, 0.3) is 0 Å². The van der Waals surface area contributed by atoms with Crippen LogP contribution in [-0.4, -0.2) is 41.0 Å². The number of aromatic nitrogens is 1. The van der Waals surface area contributed by atoms with Gasteiger partial charge in [-0.2, -0.15) is 0 Å². The van der Waals surface area contributed by atoms with Gasteiger partial charge in [0.25, 0.3) is 11.6 Å². The molecule has 11 heteroatoms. The molecule has 176 valence electrons. The largest absolute Gasteiger partial charge is 0.462 e. The Morgan fingerprint density at radius 1 is 1.03 bits per heavy atom. The smallest absolute Gasteiger partial charge is 0.350 e. The number of hydrogen-bond donors (Lipinski definition) is 0. The van der Waals surface area contributed by atoms with Crippen LogP contribution in [0, 0.1) is 17.0 Å². The standard InChI is InChI=1S/C23H21N3O7S/c1-3-32-22(29)20-15(2)24-23(34-20)25(13-16-7-5-4-6-8-16)19(27)14-33-21(28)17-9-11-18(12-10-17)26(30)31/h4-12H,3,13-14H2,1-2H3. The van der Waals surface area contributed by atoms with Crippen molar-refractivity contribution in [3.63, 3.8) is 0 Å². The highest BCUT2D eigenvalue weighted by atomic mass is 32.1. The zero-order valence-electron chi connectivity index (χ0n) is 18.4. The highest BCUT2D eigenvalue weighted by Crippen LogP contribution is 2.28. The van der Waals surface area contributed by atoms with Gasteiger partial charge in [-0.05, 0) is 31.5 Å². The number of nitrogens with zero attached hydrogens (tertiary/aromatic N) is 3. The molecule has 2 aromatic carbocycles. The Bertz CT molecular complexity index is 1190. The Morgan fingerprint density at radius 3 is 2.32 bits per heavy atom. The van der Waals surface area contributed by atoms with Gasteiger partial charge in [-0.15, -0.1) is 0 Å². The maximum absolute atomic E-state index is 13.1. The fourth-order valence-electron chi connectivity index (χ4n) is 2.92. The maximum Gasteiger partial charge on any atom is 0.350 e. The molecule has 1 aromatic heterocycles. The molecule has 0 atom stereocenters. The number of carbonyl (C=O) groups is 3. The van der Waals surface area contributed by atoms with Gasteiger partial charge < -0.3 is 9.47 Å². The topological polar surface area (TPSA) is 129 Å². The summed E-state index contributed by atoms with van der Waals surface area (Å²) in [6.07, 6.45) is 0. The first-order valence-electron chi connectivity index (χ1n) is 10.2. The molecule has 0 radical (unpaired) electrons. The lowest BCUT2D eigenvalue weighted by Crippen LogP contribution is -2.34. The van der Waals surface area contributed by atoms with Crippen molar-refractivity contribution in [3.05, 3.63) is 86.4 Å². The number of hydrogen-bond acceptors (Lipinski definition) is 9. The zero-order valence-corrected chi connectivity index (χ0v) is 19.2. The SMILES string of the molecule is CCOC(=O)c1sc(N(Cc2ccccc2)C(=O)COC(=O)c2ccc([N+](=O)[O-])cc2)nc1C. The fraction of sp³-hybridized carbons (Fsp3) is 0.217. The molecule has 0 saturated heterocycles. The molecule has 0 saturated carbocycles. The minimum atomic E-state index is -0.801. The Balaban J connectivity index is 1.78. The number of carbonyl (C=O) groups excluding carboxylic acids is 3. The van der Waals surface area contributed by atoms with E-state index in [1.54, 1.807) is 13.8 Å². The van der Waals surface area contributed by atoms with Gasteiger partial charge in [-0.25, -0.2) is 14.6 Å². The van der Waals surface area contributed by atoms with E-state index in [0.717, 1.165) is 16.9 Å². The van der Waals surface area contributed by atoms with Gasteiger partial charge in [0, 0.05) is 12.1 Å². The molecule has 0 bridgehead atoms. The molecule has 0 N–H and O–H groups in total. The number of nitro benzene ring substituents is 1. The summed E-state index contributed by atoms with van der Waals surface area (Å²) in [6.45, 7) is 3.10. The third-order valence-corrected chi connectivity index (χ3v) is 5.76. The number of aryl methyl sites for hydroxylation is 1. The van der Waals surface area contributed by atoms with Crippen LogP contribution in [0.15, 0.2) is 54.6 Å². The maximum atomic E-state index is 13.1. The summed E-state index contributed by atoms with van der Waals surface area (Å²) in [5, 5.41) is 11.0. The predicted octanol–water partition coefficient (Wildman–Crippen LogP) is 3.93. The number of rotatable bonds is 9. The molecule has 3 rings (SSSR count). The second kappa shape index (κ2) is 11.1. The number of thiazole rings is 1. The van der Waals surface area contributed by atoms with Crippen LogP contribution >= 0.6 is 11.3 Å². The minimum Gasteiger partial charge on any atom is -0.462 e. The average Bonchev–Trinajstić information content (AvgIpc) is 3.23. The molecule has 0 unspecified atom stereocenters. The van der Waals surface area contributed by atoms with Crippen LogP contribution in [0.4, 0.5) is 10.8 Å². The summed E-state index contributed by atoms with van der Waals surface area (Å²) in [7, 11) is 0. The predicted molar refractivity (Wildman–Crippen MR) is 124 cm³/mol. The van der Waals surface area contributed by atoms with Crippen molar-refractivity contribution < 1.29 is 28.8 Å². The van der Waals surface area contributed by atoms with Gasteiger partial charge in [-0.1, -0.05) is 41.7 Å². The van der Waals surface area contributed by atoms with Crippen molar-refractivity contribution in [2.45, 2.75) is 20.4 Å². The van der Waals surface area contributed by atoms with Crippen molar-refractivity contribution in [2.24, 2.45) is 0 Å². The van der Waals surface area contributed by atoms with Gasteiger partial charge in [0.1, 0.15) is 4.88 Å². The first-order valence-corrected chi connectivity index (χ1v) is 11.0. The summed E-state index contributed by atoms with van der Waals surface area (Å²) >= 11 is 1.01. The van der Waals surface area contributed by atoms with Crippen LogP contribution in [0.5, 0.6) is 0 Å². The number of anilines is 1. The van der Waals surface area contributed by atoms with Crippen molar-refractivity contribution in [1.82, 2.24) is 4.98 Å². The summed E-state index contributed by atoms with van der Waals surface area (Å²) in [5.74, 6) is -1.88. The van der Waals surface area contributed by atoms with E-state index in [9.17, 15) is 24.5 Å². The van der Waals surface area contributed by atoms with E-state index in [1.165, 1.54) is 29.2 Å². The normalized spacial score (nSPS) is 10.4. The van der Waals surface area contributed by atoms with E-state index >= 15 is 0 Å². The lowest BCUT2D eigenvalue weighted by atomic mass is 10.2. The molecule has 0 fully saturated rings. The monoisotopic (exact) mass is 483 g/mol. The van der Waals surface area contributed by atoms with Crippen LogP contribution in [0.2, 0.25) is 0 Å². The quantitative estimate of drug-likeness (QED) is 0.254. The van der Waals surface area contributed by atoms with E-state index in [1.807, 2.05) is 30.3 Å². The number of ether oxygens (including phenoxy) is 2. The van der Waals surface area contributed by atoms with Crippen molar-refractivity contribution in [2.75, 3.05) is 18.1 Å². The summed E-state index contributed by atoms with van der Waals surface area (Å²) in [6, 6.07) is 14.0. The first-order chi connectivity index (χ1) is 16.3. The van der Waals surface area contributed by atoms with Crippen LogP contribution in [-0.2, 0) is 20.8 Å². The molecular formula is C23H21N3O7S. The molecule has 1 heterocycles. The Kier molecular flexibility index (Phi) is 8.04. The highest BCUT2D eigenvalue weighted by Gasteiger charge is 2.25. The van der Waals surface area contributed by atoms with E-state index in [-0.39, 0.29) is 34.4 Å². The molecule has 0 spiro atoms. The third-order valence-electron chi connectivity index (χ3n) is 4.60. The zero-order chi connectivity index (χ0) is 24.7. The van der Waals surface area contributed by atoms with Gasteiger partial charge >= 0.3 is 11.9 Å². The van der Waals surface area contributed by atoms with E-state index in [0.29, 0.717) is 5.69 Å². The van der Waals surface area contributed by atoms with Gasteiger partial charge in [0.2, 0.25) is 0 Å². The van der Waals surface area contributed by atoms with E-state index in [4.69, 9.17) is 9.47 Å². The minimum absolute atomic E-state index is 0.0719. The van der Waals surface area contributed by atoms with Gasteiger partial charge in [0.15, 0.2) is 11.7 Å². The van der Waals surface area contributed by atoms with Gasteiger partial charge in [-0.3, -0.25) is 19.8 Å². The van der Waals surface area contributed by atoms with Crippen molar-refractivity contribution >= 4 is 40.0 Å². The van der Waals surface area contributed by atoms with Crippen molar-refractivity contribution in [3.8, 4) is 0 Å². The van der Waals surface area contributed by atoms with E-state index in [2.05, 4.69) is 4.98 Å². The fourth-order valence-corrected chi connectivity index (χ4v) is 3.90. The summed E-state index contributed by atoms with van der Waals surface area (Å²) in [4.78, 5) is 53.7. The lowest BCUT2D eigenvalue weighted by Gasteiger charge is -2.20. The average molecular weight is 484 g/mol. The molecule has 0 aliphatic rings. The Hall–Kier alpha value is -4.12. The Labute approximate surface area is 198 Å². The van der Waals surface area contributed by atoms with Crippen LogP contribution in [0.3, 0.4) is 0 Å². The highest BCUT2D eigenvalue weighted by molar-refractivity contribution is 7.17. The third kappa shape index (κ3) is 6.01. The van der Waals surface area contributed by atoms with Crippen molar-refractivity contribution in [1.29, 1.82) is 0 Å². The van der Waals surface area contributed by atoms with E-state index < -0.39 is 29.4 Å². The Morgan fingerprint density at radius 2 is 1.71 bits per heavy atom. The number of nitro groups is 1. The molecule has 10 nitrogen and oxygen atoms in total. The molecule has 34 heavy (non-hydrogen) atoms. The lowest BCUT2D eigenvalue weighted by molar-refractivity contribution is -0.384. The summed E-state index contributed by atoms with van der Waals surface area (Å²) < 4.78 is 10.2. The molecule has 1 amide bonds.